The van der Waals surface area contributed by atoms with Crippen LogP contribution in [0.25, 0.3) is 11.1 Å². The number of carboxylic acids is 1. The molecule has 42 heavy (non-hydrogen) atoms. The van der Waals surface area contributed by atoms with Gasteiger partial charge >= 0.3 is 12.0 Å². The van der Waals surface area contributed by atoms with E-state index in [1.807, 2.05) is 49.1 Å². The molecule has 1 aromatic heterocycles. The second-order valence-corrected chi connectivity index (χ2v) is 10.7. The monoisotopic (exact) mass is 564 g/mol. The van der Waals surface area contributed by atoms with Crippen molar-refractivity contribution < 1.29 is 19.5 Å². The van der Waals surface area contributed by atoms with Crippen molar-refractivity contribution in [3.63, 3.8) is 0 Å². The zero-order valence-corrected chi connectivity index (χ0v) is 23.6. The fraction of sp³-hybridized carbons (Fsp3) is 0.281. The Balaban J connectivity index is 1.33. The summed E-state index contributed by atoms with van der Waals surface area (Å²) in [6.45, 7) is 5.83. The number of urea groups is 1. The SMILES string of the molecule is CCN1C=NC=CC1N1C(=O)N(c2ccc(-c3ccc(C(=O)O)cc3)cc2)C(=O)C12CCN(c1ncccc1C)CC2. The molecule has 1 atom stereocenters. The van der Waals surface area contributed by atoms with Gasteiger partial charge in [0.1, 0.15) is 17.5 Å². The van der Waals surface area contributed by atoms with Crippen molar-refractivity contribution in [1.29, 1.82) is 0 Å². The van der Waals surface area contributed by atoms with Gasteiger partial charge in [-0.15, -0.1) is 0 Å². The van der Waals surface area contributed by atoms with Crippen molar-refractivity contribution in [1.82, 2.24) is 14.8 Å². The van der Waals surface area contributed by atoms with E-state index in [0.29, 0.717) is 38.2 Å². The van der Waals surface area contributed by atoms with Crippen molar-refractivity contribution in [2.45, 2.75) is 38.4 Å². The van der Waals surface area contributed by atoms with Gasteiger partial charge in [0.25, 0.3) is 5.91 Å². The summed E-state index contributed by atoms with van der Waals surface area (Å²) in [4.78, 5) is 55.9. The summed E-state index contributed by atoms with van der Waals surface area (Å²) in [6.07, 6.45) is 7.55. The highest BCUT2D eigenvalue weighted by molar-refractivity contribution is 6.23. The number of likely N-dealkylation sites (N-methyl/N-ethyl adjacent to an activating group) is 1. The summed E-state index contributed by atoms with van der Waals surface area (Å²) in [6, 6.07) is 17.4. The van der Waals surface area contributed by atoms with Crippen LogP contribution < -0.4 is 9.80 Å². The third kappa shape index (κ3) is 4.49. The van der Waals surface area contributed by atoms with E-state index >= 15 is 0 Å². The summed E-state index contributed by atoms with van der Waals surface area (Å²) < 4.78 is 0. The molecule has 3 amide bonds. The van der Waals surface area contributed by atoms with Gasteiger partial charge in [-0.25, -0.2) is 24.5 Å². The predicted octanol–water partition coefficient (Wildman–Crippen LogP) is 4.77. The number of aliphatic imine (C=N–C) groups is 1. The molecule has 2 aromatic carbocycles. The van der Waals surface area contributed by atoms with Crippen LogP contribution in [0.1, 0.15) is 35.7 Å². The average molecular weight is 565 g/mol. The predicted molar refractivity (Wildman–Crippen MR) is 161 cm³/mol. The number of hydrogen-bond donors (Lipinski definition) is 1. The van der Waals surface area contributed by atoms with E-state index < -0.39 is 17.7 Å². The van der Waals surface area contributed by atoms with Gasteiger partial charge in [-0.05, 0) is 79.8 Å². The van der Waals surface area contributed by atoms with Gasteiger partial charge in [-0.3, -0.25) is 9.69 Å². The number of aryl methyl sites for hydroxylation is 1. The van der Waals surface area contributed by atoms with Crippen LogP contribution in [0.2, 0.25) is 0 Å². The van der Waals surface area contributed by atoms with E-state index in [0.717, 1.165) is 22.5 Å². The zero-order chi connectivity index (χ0) is 29.4. The molecule has 214 valence electrons. The van der Waals surface area contributed by atoms with Crippen LogP contribution >= 0.6 is 0 Å². The Morgan fingerprint density at radius 3 is 2.29 bits per heavy atom. The van der Waals surface area contributed by atoms with Crippen LogP contribution in [-0.2, 0) is 4.79 Å². The number of anilines is 2. The molecule has 0 radical (unpaired) electrons. The van der Waals surface area contributed by atoms with Crippen molar-refractivity contribution in [2.75, 3.05) is 29.4 Å². The first-order valence-corrected chi connectivity index (χ1v) is 14.1. The van der Waals surface area contributed by atoms with Gasteiger partial charge < -0.3 is 14.9 Å². The molecule has 2 fully saturated rings. The van der Waals surface area contributed by atoms with Gasteiger partial charge in [0, 0.05) is 32.0 Å². The Bertz CT molecular complexity index is 1580. The van der Waals surface area contributed by atoms with Crippen LogP contribution in [-0.4, -0.2) is 75.5 Å². The molecule has 1 unspecified atom stereocenters. The summed E-state index contributed by atoms with van der Waals surface area (Å²) in [5, 5.41) is 9.20. The Kier molecular flexibility index (Phi) is 6.97. The Morgan fingerprint density at radius 1 is 1.00 bits per heavy atom. The highest BCUT2D eigenvalue weighted by Crippen LogP contribution is 2.43. The molecule has 0 saturated carbocycles. The number of imide groups is 1. The molecular formula is C32H32N6O4. The van der Waals surface area contributed by atoms with E-state index in [1.165, 1.54) is 4.90 Å². The number of aromatic carboxylic acids is 1. The quantitative estimate of drug-likeness (QED) is 0.430. The largest absolute Gasteiger partial charge is 0.478 e. The maximum absolute atomic E-state index is 14.4. The second-order valence-electron chi connectivity index (χ2n) is 10.7. The lowest BCUT2D eigenvalue weighted by molar-refractivity contribution is -0.127. The van der Waals surface area contributed by atoms with Gasteiger partial charge in [0.2, 0.25) is 0 Å². The standard InChI is InChI=1S/C32H32N6O4/c1-3-35-21-33-18-14-27(35)38-31(42)37(26-12-10-24(11-13-26)23-6-8-25(9-7-23)29(39)40)30(41)32(38)15-19-36(20-16-32)28-22(2)5-4-17-34-28/h4-14,17-18,21,27H,3,15-16,19-20H2,1-2H3,(H,39,40). The van der Waals surface area contributed by atoms with Crippen LogP contribution in [0.4, 0.5) is 16.3 Å². The van der Waals surface area contributed by atoms with E-state index in [4.69, 9.17) is 0 Å². The summed E-state index contributed by atoms with van der Waals surface area (Å²) in [5.74, 6) is -0.307. The third-order valence-corrected chi connectivity index (χ3v) is 8.45. The maximum atomic E-state index is 14.4. The van der Waals surface area contributed by atoms with E-state index in [-0.39, 0.29) is 17.5 Å². The molecule has 2 saturated heterocycles. The first kappa shape index (κ1) is 27.2. The smallest absolute Gasteiger partial charge is 0.335 e. The molecule has 6 rings (SSSR count). The number of hydrogen-bond acceptors (Lipinski definition) is 7. The fourth-order valence-electron chi connectivity index (χ4n) is 6.18. The van der Waals surface area contributed by atoms with Crippen LogP contribution in [0.5, 0.6) is 0 Å². The maximum Gasteiger partial charge on any atom is 0.335 e. The van der Waals surface area contributed by atoms with E-state index in [9.17, 15) is 19.5 Å². The third-order valence-electron chi connectivity index (χ3n) is 8.45. The summed E-state index contributed by atoms with van der Waals surface area (Å²) in [5.41, 5.74) is 2.45. The van der Waals surface area contributed by atoms with Gasteiger partial charge in [0.05, 0.1) is 17.6 Å². The van der Waals surface area contributed by atoms with Crippen molar-refractivity contribution in [2.24, 2.45) is 4.99 Å². The lowest BCUT2D eigenvalue weighted by Gasteiger charge is -2.47. The first-order chi connectivity index (χ1) is 20.3. The molecule has 1 spiro atoms. The average Bonchev–Trinajstić information content (AvgIpc) is 3.22. The number of rotatable bonds is 6. The number of piperidine rings is 1. The van der Waals surface area contributed by atoms with Crippen LogP contribution in [0.3, 0.4) is 0 Å². The minimum absolute atomic E-state index is 0.209. The molecular weight excluding hydrogens is 532 g/mol. The molecule has 10 heteroatoms. The van der Waals surface area contributed by atoms with Crippen molar-refractivity contribution in [3.05, 3.63) is 90.3 Å². The minimum Gasteiger partial charge on any atom is -0.478 e. The van der Waals surface area contributed by atoms with Crippen LogP contribution in [0.15, 0.2) is 84.1 Å². The van der Waals surface area contributed by atoms with E-state index in [2.05, 4.69) is 14.9 Å². The fourth-order valence-corrected chi connectivity index (χ4v) is 6.18. The Morgan fingerprint density at radius 2 is 1.67 bits per heavy atom. The molecule has 4 heterocycles. The number of carboxylic acid groups (broad SMARTS) is 1. The molecule has 1 N–H and O–H groups in total. The van der Waals surface area contributed by atoms with Crippen molar-refractivity contribution >= 4 is 35.8 Å². The van der Waals surface area contributed by atoms with Gasteiger partial charge in [-0.2, -0.15) is 0 Å². The molecule has 3 aliphatic heterocycles. The van der Waals surface area contributed by atoms with Gasteiger partial charge in [0.15, 0.2) is 0 Å². The number of amides is 3. The number of aromatic nitrogens is 1. The lowest BCUT2D eigenvalue weighted by Crippen LogP contribution is -2.62. The summed E-state index contributed by atoms with van der Waals surface area (Å²) in [7, 11) is 0. The lowest BCUT2D eigenvalue weighted by atomic mass is 9.85. The normalized spacial score (nSPS) is 19.7. The minimum atomic E-state index is -1.02. The highest BCUT2D eigenvalue weighted by atomic mass is 16.4. The number of nitrogens with zero attached hydrogens (tertiary/aromatic N) is 6. The van der Waals surface area contributed by atoms with E-state index in [1.54, 1.807) is 60.0 Å². The summed E-state index contributed by atoms with van der Waals surface area (Å²) >= 11 is 0. The number of pyridine rings is 1. The Hall–Kier alpha value is -4.99. The van der Waals surface area contributed by atoms with Gasteiger partial charge in [-0.1, -0.05) is 30.3 Å². The van der Waals surface area contributed by atoms with Crippen molar-refractivity contribution in [3.8, 4) is 11.1 Å². The zero-order valence-electron chi connectivity index (χ0n) is 23.6. The molecule has 0 aliphatic carbocycles. The molecule has 0 bridgehead atoms. The first-order valence-electron chi connectivity index (χ1n) is 14.1. The molecule has 3 aromatic rings. The number of benzene rings is 2. The van der Waals surface area contributed by atoms with Crippen LogP contribution in [0, 0.1) is 6.92 Å². The second kappa shape index (κ2) is 10.8. The highest BCUT2D eigenvalue weighted by Gasteiger charge is 2.61. The topological polar surface area (TPSA) is 110 Å². The number of carbonyl (C=O) groups excluding carboxylic acids is 2. The number of carbonyl (C=O) groups is 3. The molecule has 3 aliphatic rings. The Labute approximate surface area is 244 Å². The molecule has 10 nitrogen and oxygen atoms in total.